The van der Waals surface area contributed by atoms with Gasteiger partial charge in [0, 0.05) is 18.8 Å². The molecule has 1 rings (SSSR count). The Balaban J connectivity index is 2.83. The Kier molecular flexibility index (Phi) is 2.49. The standard InChI is InChI=1S/C9H14N2/c1-7(10)8-3-5-9(11-2)6-4-8/h3-7,11H,10H2,1-2H3. The van der Waals surface area contributed by atoms with E-state index in [9.17, 15) is 0 Å². The maximum atomic E-state index is 5.68. The van der Waals surface area contributed by atoms with Gasteiger partial charge < -0.3 is 11.1 Å². The summed E-state index contributed by atoms with van der Waals surface area (Å²) in [5, 5.41) is 3.05. The first-order valence-electron chi connectivity index (χ1n) is 3.77. The first kappa shape index (κ1) is 8.08. The molecule has 2 heteroatoms. The van der Waals surface area contributed by atoms with E-state index in [2.05, 4.69) is 5.32 Å². The molecule has 0 spiro atoms. The molecule has 0 aromatic heterocycles. The first-order chi connectivity index (χ1) is 5.24. The van der Waals surface area contributed by atoms with Crippen molar-refractivity contribution < 1.29 is 0 Å². The van der Waals surface area contributed by atoms with Gasteiger partial charge in [-0.15, -0.1) is 0 Å². The van der Waals surface area contributed by atoms with E-state index in [0.717, 1.165) is 5.69 Å². The fourth-order valence-electron chi connectivity index (χ4n) is 0.953. The van der Waals surface area contributed by atoms with Crippen molar-refractivity contribution >= 4 is 5.69 Å². The van der Waals surface area contributed by atoms with Gasteiger partial charge in [-0.05, 0) is 24.6 Å². The van der Waals surface area contributed by atoms with E-state index in [4.69, 9.17) is 5.73 Å². The average Bonchev–Trinajstić information content (AvgIpc) is 2.05. The van der Waals surface area contributed by atoms with Gasteiger partial charge in [0.1, 0.15) is 0 Å². The summed E-state index contributed by atoms with van der Waals surface area (Å²) in [6, 6.07) is 8.26. The molecule has 0 amide bonds. The van der Waals surface area contributed by atoms with E-state index in [-0.39, 0.29) is 6.04 Å². The van der Waals surface area contributed by atoms with Crippen LogP contribution in [-0.2, 0) is 0 Å². The Bertz CT molecular complexity index is 214. The summed E-state index contributed by atoms with van der Waals surface area (Å²) >= 11 is 0. The SMILES string of the molecule is CNc1ccc(C(C)N)cc1. The highest BCUT2D eigenvalue weighted by atomic mass is 14.8. The second kappa shape index (κ2) is 3.39. The third-order valence-corrected chi connectivity index (χ3v) is 1.73. The van der Waals surface area contributed by atoms with Crippen molar-refractivity contribution in [3.63, 3.8) is 0 Å². The molecular formula is C9H14N2. The van der Waals surface area contributed by atoms with Gasteiger partial charge in [-0.1, -0.05) is 12.1 Å². The minimum absolute atomic E-state index is 0.126. The van der Waals surface area contributed by atoms with E-state index in [1.807, 2.05) is 38.2 Å². The van der Waals surface area contributed by atoms with Crippen LogP contribution in [0.25, 0.3) is 0 Å². The maximum Gasteiger partial charge on any atom is 0.0337 e. The summed E-state index contributed by atoms with van der Waals surface area (Å²) in [4.78, 5) is 0. The molecule has 2 nitrogen and oxygen atoms in total. The van der Waals surface area contributed by atoms with Gasteiger partial charge >= 0.3 is 0 Å². The van der Waals surface area contributed by atoms with Crippen LogP contribution >= 0.6 is 0 Å². The van der Waals surface area contributed by atoms with E-state index >= 15 is 0 Å². The minimum Gasteiger partial charge on any atom is -0.388 e. The fraction of sp³-hybridized carbons (Fsp3) is 0.333. The molecule has 3 N–H and O–H groups in total. The lowest BCUT2D eigenvalue weighted by molar-refractivity contribution is 0.818. The van der Waals surface area contributed by atoms with Crippen LogP contribution in [0.3, 0.4) is 0 Å². The van der Waals surface area contributed by atoms with Crippen molar-refractivity contribution in [2.45, 2.75) is 13.0 Å². The number of benzene rings is 1. The molecule has 1 aromatic rings. The van der Waals surface area contributed by atoms with Crippen LogP contribution in [-0.4, -0.2) is 7.05 Å². The maximum absolute atomic E-state index is 5.68. The molecule has 0 saturated heterocycles. The second-order valence-corrected chi connectivity index (χ2v) is 2.66. The summed E-state index contributed by atoms with van der Waals surface area (Å²) in [6.07, 6.45) is 0. The normalized spacial score (nSPS) is 12.6. The Morgan fingerprint density at radius 3 is 2.18 bits per heavy atom. The third kappa shape index (κ3) is 1.95. The van der Waals surface area contributed by atoms with Gasteiger partial charge in [0.05, 0.1) is 0 Å². The Morgan fingerprint density at radius 1 is 1.27 bits per heavy atom. The molecule has 1 unspecified atom stereocenters. The number of hydrogen-bond acceptors (Lipinski definition) is 2. The van der Waals surface area contributed by atoms with Crippen molar-refractivity contribution in [2.75, 3.05) is 12.4 Å². The first-order valence-corrected chi connectivity index (χ1v) is 3.77. The summed E-state index contributed by atoms with van der Waals surface area (Å²) < 4.78 is 0. The molecule has 0 heterocycles. The lowest BCUT2D eigenvalue weighted by Crippen LogP contribution is -2.04. The van der Waals surface area contributed by atoms with Gasteiger partial charge in [-0.2, -0.15) is 0 Å². The van der Waals surface area contributed by atoms with Crippen LogP contribution in [0, 0.1) is 0 Å². The summed E-state index contributed by atoms with van der Waals surface area (Å²) in [6.45, 7) is 1.98. The topological polar surface area (TPSA) is 38.0 Å². The highest BCUT2D eigenvalue weighted by Crippen LogP contribution is 2.12. The molecule has 0 saturated carbocycles. The van der Waals surface area contributed by atoms with Crippen molar-refractivity contribution in [1.29, 1.82) is 0 Å². The van der Waals surface area contributed by atoms with Gasteiger partial charge in [0.25, 0.3) is 0 Å². The number of rotatable bonds is 2. The molecule has 11 heavy (non-hydrogen) atoms. The second-order valence-electron chi connectivity index (χ2n) is 2.66. The van der Waals surface area contributed by atoms with Crippen LogP contribution in [0.2, 0.25) is 0 Å². The number of anilines is 1. The zero-order valence-electron chi connectivity index (χ0n) is 6.96. The van der Waals surface area contributed by atoms with Crippen LogP contribution in [0.15, 0.2) is 24.3 Å². The summed E-state index contributed by atoms with van der Waals surface area (Å²) in [5.41, 5.74) is 7.98. The lowest BCUT2D eigenvalue weighted by atomic mass is 10.1. The third-order valence-electron chi connectivity index (χ3n) is 1.73. The van der Waals surface area contributed by atoms with Crippen LogP contribution in [0.4, 0.5) is 5.69 Å². The van der Waals surface area contributed by atoms with Crippen molar-refractivity contribution in [3.05, 3.63) is 29.8 Å². The number of nitrogens with one attached hydrogen (secondary N) is 1. The van der Waals surface area contributed by atoms with Gasteiger partial charge in [0.2, 0.25) is 0 Å². The molecule has 0 aliphatic carbocycles. The molecule has 0 aliphatic heterocycles. The summed E-state index contributed by atoms with van der Waals surface area (Å²) in [5.74, 6) is 0. The zero-order valence-corrected chi connectivity index (χ0v) is 6.96. The highest BCUT2D eigenvalue weighted by molar-refractivity contribution is 5.44. The Labute approximate surface area is 67.4 Å². The minimum atomic E-state index is 0.126. The van der Waals surface area contributed by atoms with Gasteiger partial charge in [-0.3, -0.25) is 0 Å². The van der Waals surface area contributed by atoms with E-state index < -0.39 is 0 Å². The van der Waals surface area contributed by atoms with Crippen LogP contribution in [0.1, 0.15) is 18.5 Å². The summed E-state index contributed by atoms with van der Waals surface area (Å²) in [7, 11) is 1.90. The van der Waals surface area contributed by atoms with E-state index in [1.54, 1.807) is 0 Å². The van der Waals surface area contributed by atoms with Gasteiger partial charge in [-0.25, -0.2) is 0 Å². The molecule has 60 valence electrons. The predicted octanol–water partition coefficient (Wildman–Crippen LogP) is 1.75. The van der Waals surface area contributed by atoms with Crippen LogP contribution < -0.4 is 11.1 Å². The fourth-order valence-corrected chi connectivity index (χ4v) is 0.953. The predicted molar refractivity (Wildman–Crippen MR) is 48.6 cm³/mol. The zero-order chi connectivity index (χ0) is 8.27. The van der Waals surface area contributed by atoms with E-state index in [1.165, 1.54) is 5.56 Å². The largest absolute Gasteiger partial charge is 0.388 e. The van der Waals surface area contributed by atoms with Crippen LogP contribution in [0.5, 0.6) is 0 Å². The highest BCUT2D eigenvalue weighted by Gasteiger charge is 1.96. The monoisotopic (exact) mass is 150 g/mol. The number of hydrogen-bond donors (Lipinski definition) is 2. The Morgan fingerprint density at radius 2 is 1.82 bits per heavy atom. The van der Waals surface area contributed by atoms with E-state index in [0.29, 0.717) is 0 Å². The molecule has 1 aromatic carbocycles. The molecule has 0 fully saturated rings. The lowest BCUT2D eigenvalue weighted by Gasteiger charge is -2.05. The molecule has 1 atom stereocenters. The van der Waals surface area contributed by atoms with Gasteiger partial charge in [0.15, 0.2) is 0 Å². The van der Waals surface area contributed by atoms with Crippen molar-refractivity contribution in [1.82, 2.24) is 0 Å². The molecule has 0 radical (unpaired) electrons. The van der Waals surface area contributed by atoms with Crippen molar-refractivity contribution in [3.8, 4) is 0 Å². The van der Waals surface area contributed by atoms with Crippen molar-refractivity contribution in [2.24, 2.45) is 5.73 Å². The smallest absolute Gasteiger partial charge is 0.0337 e. The molecule has 0 bridgehead atoms. The quantitative estimate of drug-likeness (QED) is 0.674. The molecule has 0 aliphatic rings. The Hall–Kier alpha value is -1.02. The molecular weight excluding hydrogens is 136 g/mol. The average molecular weight is 150 g/mol. The number of nitrogens with two attached hydrogens (primary N) is 1.